The van der Waals surface area contributed by atoms with Crippen LogP contribution in [0, 0.1) is 5.92 Å². The van der Waals surface area contributed by atoms with Crippen LogP contribution in [0.15, 0.2) is 0 Å². The van der Waals surface area contributed by atoms with Gasteiger partial charge >= 0.3 is 6.09 Å². The first-order chi connectivity index (χ1) is 7.92. The van der Waals surface area contributed by atoms with Gasteiger partial charge in [0, 0.05) is 25.6 Å². The highest BCUT2D eigenvalue weighted by molar-refractivity contribution is 5.68. The summed E-state index contributed by atoms with van der Waals surface area (Å²) in [5.41, 5.74) is 4.92. The molecule has 1 aliphatic rings. The van der Waals surface area contributed by atoms with Crippen LogP contribution >= 0.6 is 0 Å². The van der Waals surface area contributed by atoms with Crippen molar-refractivity contribution >= 4 is 6.09 Å². The molecule has 1 heterocycles. The van der Waals surface area contributed by atoms with Crippen LogP contribution in [0.1, 0.15) is 27.2 Å². The van der Waals surface area contributed by atoms with Crippen LogP contribution in [-0.2, 0) is 9.47 Å². The molecule has 5 heteroatoms. The minimum absolute atomic E-state index is 0.223. The van der Waals surface area contributed by atoms with Gasteiger partial charge in [-0.2, -0.15) is 0 Å². The van der Waals surface area contributed by atoms with Crippen molar-refractivity contribution < 1.29 is 14.3 Å². The molecule has 1 saturated heterocycles. The van der Waals surface area contributed by atoms with Gasteiger partial charge in [0.15, 0.2) is 0 Å². The van der Waals surface area contributed by atoms with Crippen molar-refractivity contribution in [3.63, 3.8) is 0 Å². The van der Waals surface area contributed by atoms with E-state index < -0.39 is 5.60 Å². The number of carbonyl (C=O) groups is 1. The normalized spacial score (nSPS) is 20.7. The Bertz CT molecular complexity index is 251. The fourth-order valence-electron chi connectivity index (χ4n) is 1.79. The third-order valence-electron chi connectivity index (χ3n) is 2.55. The van der Waals surface area contributed by atoms with Crippen LogP contribution < -0.4 is 5.73 Å². The molecule has 5 nitrogen and oxygen atoms in total. The van der Waals surface area contributed by atoms with E-state index in [2.05, 4.69) is 0 Å². The largest absolute Gasteiger partial charge is 0.444 e. The first-order valence-electron chi connectivity index (χ1n) is 6.18. The number of nitrogens with two attached hydrogens (primary N) is 1. The predicted molar refractivity (Wildman–Crippen MR) is 65.8 cm³/mol. The third kappa shape index (κ3) is 5.37. The monoisotopic (exact) mass is 244 g/mol. The van der Waals surface area contributed by atoms with E-state index in [9.17, 15) is 4.79 Å². The van der Waals surface area contributed by atoms with Gasteiger partial charge in [-0.1, -0.05) is 0 Å². The first-order valence-corrected chi connectivity index (χ1v) is 6.18. The molecule has 0 saturated carbocycles. The lowest BCUT2D eigenvalue weighted by Crippen LogP contribution is -2.35. The summed E-state index contributed by atoms with van der Waals surface area (Å²) in [6.45, 7) is 8.92. The van der Waals surface area contributed by atoms with Gasteiger partial charge in [0.1, 0.15) is 5.60 Å². The van der Waals surface area contributed by atoms with Crippen molar-refractivity contribution in [3.8, 4) is 0 Å². The summed E-state index contributed by atoms with van der Waals surface area (Å²) in [5, 5.41) is 0. The highest BCUT2D eigenvalue weighted by atomic mass is 16.6. The summed E-state index contributed by atoms with van der Waals surface area (Å²) in [7, 11) is 0. The maximum Gasteiger partial charge on any atom is 0.410 e. The lowest BCUT2D eigenvalue weighted by Gasteiger charge is -2.24. The van der Waals surface area contributed by atoms with Crippen LogP contribution in [0.3, 0.4) is 0 Å². The Balaban J connectivity index is 2.27. The Morgan fingerprint density at radius 3 is 2.76 bits per heavy atom. The van der Waals surface area contributed by atoms with Crippen molar-refractivity contribution in [3.05, 3.63) is 0 Å². The molecule has 0 aromatic rings. The Labute approximate surface area is 103 Å². The van der Waals surface area contributed by atoms with Crippen molar-refractivity contribution in [1.82, 2.24) is 4.90 Å². The molecule has 0 unspecified atom stereocenters. The maximum absolute atomic E-state index is 11.8. The standard InChI is InChI=1S/C12H24N2O3/c1-12(2,3)17-11(15)14-6-4-10(8-14)9-16-7-5-13/h10H,4-9,13H2,1-3H3/t10-/m1/s1. The van der Waals surface area contributed by atoms with Crippen molar-refractivity contribution in [1.29, 1.82) is 0 Å². The third-order valence-corrected chi connectivity index (χ3v) is 2.55. The second-order valence-electron chi connectivity index (χ2n) is 5.44. The minimum Gasteiger partial charge on any atom is -0.444 e. The molecule has 1 atom stereocenters. The fourth-order valence-corrected chi connectivity index (χ4v) is 1.79. The second-order valence-corrected chi connectivity index (χ2v) is 5.44. The lowest BCUT2D eigenvalue weighted by atomic mass is 10.1. The fraction of sp³-hybridized carbons (Fsp3) is 0.917. The van der Waals surface area contributed by atoms with Crippen molar-refractivity contribution in [2.75, 3.05) is 32.8 Å². The zero-order valence-electron chi connectivity index (χ0n) is 11.1. The van der Waals surface area contributed by atoms with E-state index in [-0.39, 0.29) is 6.09 Å². The highest BCUT2D eigenvalue weighted by Crippen LogP contribution is 2.19. The molecule has 1 aliphatic heterocycles. The number of carbonyl (C=O) groups excluding carboxylic acids is 1. The molecule has 0 radical (unpaired) electrons. The van der Waals surface area contributed by atoms with E-state index in [0.717, 1.165) is 19.5 Å². The second kappa shape index (κ2) is 6.21. The topological polar surface area (TPSA) is 64.8 Å². The molecule has 0 aliphatic carbocycles. The SMILES string of the molecule is CC(C)(C)OC(=O)N1CC[C@@H](COCCN)C1. The van der Waals surface area contributed by atoms with Gasteiger partial charge in [-0.15, -0.1) is 0 Å². The Morgan fingerprint density at radius 1 is 1.47 bits per heavy atom. The summed E-state index contributed by atoms with van der Waals surface area (Å²) < 4.78 is 10.7. The van der Waals surface area contributed by atoms with E-state index >= 15 is 0 Å². The zero-order chi connectivity index (χ0) is 12.9. The molecular weight excluding hydrogens is 220 g/mol. The van der Waals surface area contributed by atoms with Crippen LogP contribution in [0.2, 0.25) is 0 Å². The summed E-state index contributed by atoms with van der Waals surface area (Å²) in [4.78, 5) is 13.5. The Kier molecular flexibility index (Phi) is 5.21. The molecule has 2 N–H and O–H groups in total. The number of amides is 1. The molecule has 0 aromatic heterocycles. The molecule has 1 rings (SSSR count). The van der Waals surface area contributed by atoms with E-state index in [0.29, 0.717) is 25.7 Å². The molecule has 1 amide bonds. The summed E-state index contributed by atoms with van der Waals surface area (Å²) in [6.07, 6.45) is 0.753. The van der Waals surface area contributed by atoms with Crippen LogP contribution in [0.5, 0.6) is 0 Å². The summed E-state index contributed by atoms with van der Waals surface area (Å²) in [6, 6.07) is 0. The van der Waals surface area contributed by atoms with Crippen molar-refractivity contribution in [2.45, 2.75) is 32.8 Å². The first kappa shape index (κ1) is 14.3. The van der Waals surface area contributed by atoms with E-state index in [1.807, 2.05) is 20.8 Å². The summed E-state index contributed by atoms with van der Waals surface area (Å²) in [5.74, 6) is 0.411. The summed E-state index contributed by atoms with van der Waals surface area (Å²) >= 11 is 0. The minimum atomic E-state index is -0.425. The van der Waals surface area contributed by atoms with Crippen LogP contribution in [-0.4, -0.2) is 49.4 Å². The smallest absolute Gasteiger partial charge is 0.410 e. The average Bonchev–Trinajstić information content (AvgIpc) is 2.64. The average molecular weight is 244 g/mol. The number of rotatable bonds is 4. The molecule has 100 valence electrons. The predicted octanol–water partition coefficient (Wildman–Crippen LogP) is 1.22. The molecule has 17 heavy (non-hydrogen) atoms. The van der Waals surface area contributed by atoms with Gasteiger partial charge in [-0.05, 0) is 27.2 Å². The molecule has 0 aromatic carbocycles. The molecule has 0 spiro atoms. The van der Waals surface area contributed by atoms with Gasteiger partial charge < -0.3 is 20.1 Å². The Hall–Kier alpha value is -0.810. The van der Waals surface area contributed by atoms with Gasteiger partial charge in [-0.3, -0.25) is 0 Å². The molecule has 0 bridgehead atoms. The maximum atomic E-state index is 11.8. The number of hydrogen-bond donors (Lipinski definition) is 1. The zero-order valence-corrected chi connectivity index (χ0v) is 11.1. The number of ether oxygens (including phenoxy) is 2. The van der Waals surface area contributed by atoms with Crippen molar-refractivity contribution in [2.24, 2.45) is 11.7 Å². The number of nitrogens with zero attached hydrogens (tertiary/aromatic N) is 1. The Morgan fingerprint density at radius 2 is 2.18 bits per heavy atom. The van der Waals surface area contributed by atoms with Crippen LogP contribution in [0.25, 0.3) is 0 Å². The van der Waals surface area contributed by atoms with Crippen LogP contribution in [0.4, 0.5) is 4.79 Å². The van der Waals surface area contributed by atoms with Gasteiger partial charge in [0.05, 0.1) is 13.2 Å². The van der Waals surface area contributed by atoms with Gasteiger partial charge in [-0.25, -0.2) is 4.79 Å². The molecule has 1 fully saturated rings. The highest BCUT2D eigenvalue weighted by Gasteiger charge is 2.29. The quantitative estimate of drug-likeness (QED) is 0.755. The van der Waals surface area contributed by atoms with E-state index in [1.54, 1.807) is 4.90 Å². The van der Waals surface area contributed by atoms with Gasteiger partial charge in [0.2, 0.25) is 0 Å². The van der Waals surface area contributed by atoms with E-state index in [4.69, 9.17) is 15.2 Å². The van der Waals surface area contributed by atoms with Gasteiger partial charge in [0.25, 0.3) is 0 Å². The number of hydrogen-bond acceptors (Lipinski definition) is 4. The molecular formula is C12H24N2O3. The lowest BCUT2D eigenvalue weighted by molar-refractivity contribution is 0.0275. The number of likely N-dealkylation sites (tertiary alicyclic amines) is 1. The van der Waals surface area contributed by atoms with E-state index in [1.165, 1.54) is 0 Å².